The fourth-order valence-electron chi connectivity index (χ4n) is 2.65. The van der Waals surface area contributed by atoms with Crippen molar-refractivity contribution in [1.29, 1.82) is 0 Å². The molecule has 2 amide bonds. The van der Waals surface area contributed by atoms with E-state index in [0.29, 0.717) is 44.2 Å². The first-order valence-electron chi connectivity index (χ1n) is 8.32. The highest BCUT2D eigenvalue weighted by atomic mass is 16.5. The van der Waals surface area contributed by atoms with Crippen LogP contribution in [0.5, 0.6) is 5.75 Å². The third-order valence-electron chi connectivity index (χ3n) is 3.84. The molecule has 6 heteroatoms. The van der Waals surface area contributed by atoms with Crippen molar-refractivity contribution < 1.29 is 19.1 Å². The maximum absolute atomic E-state index is 12.4. The number of benzene rings is 1. The Morgan fingerprint density at radius 3 is 2.83 bits per heavy atom. The predicted molar refractivity (Wildman–Crippen MR) is 92.2 cm³/mol. The molecule has 1 heterocycles. The van der Waals surface area contributed by atoms with E-state index in [9.17, 15) is 9.59 Å². The lowest BCUT2D eigenvalue weighted by atomic mass is 10.0. The van der Waals surface area contributed by atoms with Gasteiger partial charge in [0.05, 0.1) is 6.61 Å². The number of methoxy groups -OCH3 is 1. The third kappa shape index (κ3) is 5.23. The highest BCUT2D eigenvalue weighted by Crippen LogP contribution is 2.26. The summed E-state index contributed by atoms with van der Waals surface area (Å²) >= 11 is 0. The van der Waals surface area contributed by atoms with Crippen molar-refractivity contribution >= 4 is 17.5 Å². The number of amides is 2. The summed E-state index contributed by atoms with van der Waals surface area (Å²) in [6.07, 6.45) is 1.17. The summed E-state index contributed by atoms with van der Waals surface area (Å²) in [7, 11) is 1.63. The maximum atomic E-state index is 12.4. The van der Waals surface area contributed by atoms with E-state index in [4.69, 9.17) is 9.47 Å². The maximum Gasteiger partial charge on any atom is 0.260 e. The zero-order valence-corrected chi connectivity index (χ0v) is 14.6. The molecule has 24 heavy (non-hydrogen) atoms. The van der Waals surface area contributed by atoms with Gasteiger partial charge in [0.25, 0.3) is 5.91 Å². The van der Waals surface area contributed by atoms with Gasteiger partial charge in [-0.2, -0.15) is 0 Å². The molecule has 0 aromatic heterocycles. The van der Waals surface area contributed by atoms with Gasteiger partial charge < -0.3 is 19.7 Å². The summed E-state index contributed by atoms with van der Waals surface area (Å²) in [6.45, 7) is 5.91. The van der Waals surface area contributed by atoms with E-state index in [1.807, 2.05) is 12.1 Å². The van der Waals surface area contributed by atoms with Gasteiger partial charge in [-0.15, -0.1) is 0 Å². The van der Waals surface area contributed by atoms with E-state index in [1.165, 1.54) is 0 Å². The van der Waals surface area contributed by atoms with Gasteiger partial charge in [-0.25, -0.2) is 0 Å². The molecule has 0 radical (unpaired) electrons. The number of nitrogens with one attached hydrogen (secondary N) is 1. The van der Waals surface area contributed by atoms with Gasteiger partial charge >= 0.3 is 0 Å². The molecule has 0 unspecified atom stereocenters. The second-order valence-electron chi connectivity index (χ2n) is 6.38. The van der Waals surface area contributed by atoms with Crippen LogP contribution in [0, 0.1) is 5.92 Å². The number of fused-ring (bicyclic) bond motifs is 1. The molecule has 0 saturated carbocycles. The smallest absolute Gasteiger partial charge is 0.260 e. The Balaban J connectivity index is 1.93. The fourth-order valence-corrected chi connectivity index (χ4v) is 2.65. The average Bonchev–Trinajstić information content (AvgIpc) is 2.56. The molecule has 1 N–H and O–H groups in total. The number of anilines is 1. The highest BCUT2D eigenvalue weighted by molar-refractivity contribution is 5.94. The van der Waals surface area contributed by atoms with Crippen molar-refractivity contribution in [3.8, 4) is 5.75 Å². The van der Waals surface area contributed by atoms with Crippen molar-refractivity contribution in [3.63, 3.8) is 0 Å². The summed E-state index contributed by atoms with van der Waals surface area (Å²) in [5.41, 5.74) is 1.87. The SMILES string of the molecule is COCCN(CC(C)C)C(=O)COc1ccc2c(c1)CCC(=O)N2. The lowest BCUT2D eigenvalue weighted by Gasteiger charge is -2.24. The largest absolute Gasteiger partial charge is 0.484 e. The second-order valence-corrected chi connectivity index (χ2v) is 6.38. The lowest BCUT2D eigenvalue weighted by molar-refractivity contribution is -0.134. The zero-order valence-electron chi connectivity index (χ0n) is 14.6. The summed E-state index contributed by atoms with van der Waals surface area (Å²) in [5, 5.41) is 2.83. The Hall–Kier alpha value is -2.08. The molecule has 0 fully saturated rings. The van der Waals surface area contributed by atoms with Crippen LogP contribution in [0.25, 0.3) is 0 Å². The van der Waals surface area contributed by atoms with Crippen molar-refractivity contribution in [3.05, 3.63) is 23.8 Å². The van der Waals surface area contributed by atoms with Crippen LogP contribution in [0.4, 0.5) is 5.69 Å². The lowest BCUT2D eigenvalue weighted by Crippen LogP contribution is -2.39. The zero-order chi connectivity index (χ0) is 17.5. The van der Waals surface area contributed by atoms with Crippen molar-refractivity contribution in [2.45, 2.75) is 26.7 Å². The molecule has 6 nitrogen and oxygen atoms in total. The van der Waals surface area contributed by atoms with Gasteiger partial charge in [0.2, 0.25) is 5.91 Å². The van der Waals surface area contributed by atoms with Gasteiger partial charge in [0, 0.05) is 32.3 Å². The fraction of sp³-hybridized carbons (Fsp3) is 0.556. The standard InChI is InChI=1S/C18H26N2O4/c1-13(2)11-20(8-9-23-3)18(22)12-24-15-5-6-16-14(10-15)4-7-17(21)19-16/h5-6,10,13H,4,7-9,11-12H2,1-3H3,(H,19,21). The van der Waals surface area contributed by atoms with Crippen LogP contribution >= 0.6 is 0 Å². The Bertz CT molecular complexity index is 586. The molecule has 132 valence electrons. The van der Waals surface area contributed by atoms with E-state index in [1.54, 1.807) is 18.1 Å². The van der Waals surface area contributed by atoms with Crippen LogP contribution in [0.2, 0.25) is 0 Å². The number of ether oxygens (including phenoxy) is 2. The van der Waals surface area contributed by atoms with Crippen molar-refractivity contribution in [2.75, 3.05) is 38.7 Å². The number of hydrogen-bond acceptors (Lipinski definition) is 4. The summed E-state index contributed by atoms with van der Waals surface area (Å²) in [4.78, 5) is 25.5. The van der Waals surface area contributed by atoms with Gasteiger partial charge in [0.1, 0.15) is 5.75 Å². The first-order valence-corrected chi connectivity index (χ1v) is 8.32. The van der Waals surface area contributed by atoms with Gasteiger partial charge in [-0.05, 0) is 36.1 Å². The highest BCUT2D eigenvalue weighted by Gasteiger charge is 2.17. The predicted octanol–water partition coefficient (Wildman–Crippen LogP) is 2.08. The van der Waals surface area contributed by atoms with E-state index >= 15 is 0 Å². The number of hydrogen-bond donors (Lipinski definition) is 1. The van der Waals surface area contributed by atoms with Gasteiger partial charge in [-0.1, -0.05) is 13.8 Å². The Morgan fingerprint density at radius 2 is 2.12 bits per heavy atom. The van der Waals surface area contributed by atoms with Gasteiger partial charge in [-0.3, -0.25) is 9.59 Å². The third-order valence-corrected chi connectivity index (χ3v) is 3.84. The number of carbonyl (C=O) groups excluding carboxylic acids is 2. The monoisotopic (exact) mass is 334 g/mol. The van der Waals surface area contributed by atoms with Crippen molar-refractivity contribution in [1.82, 2.24) is 4.90 Å². The molecule has 0 saturated heterocycles. The first-order chi connectivity index (χ1) is 11.5. The molecule has 1 aliphatic heterocycles. The van der Waals surface area contributed by atoms with Crippen LogP contribution in [0.1, 0.15) is 25.8 Å². The number of carbonyl (C=O) groups is 2. The number of rotatable bonds is 8. The quantitative estimate of drug-likeness (QED) is 0.790. The van der Waals surface area contributed by atoms with Crippen LogP contribution in [0.3, 0.4) is 0 Å². The normalized spacial score (nSPS) is 13.4. The minimum Gasteiger partial charge on any atom is -0.484 e. The number of aryl methyl sites for hydroxylation is 1. The Morgan fingerprint density at radius 1 is 1.33 bits per heavy atom. The molecule has 1 aromatic carbocycles. The first kappa shape index (κ1) is 18.3. The molecular formula is C18H26N2O4. The number of nitrogens with zero attached hydrogens (tertiary/aromatic N) is 1. The molecule has 2 rings (SSSR count). The molecule has 0 bridgehead atoms. The van der Waals surface area contributed by atoms with E-state index in [-0.39, 0.29) is 18.4 Å². The second kappa shape index (κ2) is 8.68. The summed E-state index contributed by atoms with van der Waals surface area (Å²) < 4.78 is 10.7. The molecule has 1 aromatic rings. The average molecular weight is 334 g/mol. The molecule has 0 atom stereocenters. The van der Waals surface area contributed by atoms with Crippen molar-refractivity contribution in [2.24, 2.45) is 5.92 Å². The summed E-state index contributed by atoms with van der Waals surface area (Å²) in [6, 6.07) is 5.49. The minimum atomic E-state index is -0.0493. The van der Waals surface area contributed by atoms with Crippen LogP contribution < -0.4 is 10.1 Å². The van der Waals surface area contributed by atoms with E-state index in [2.05, 4.69) is 19.2 Å². The molecule has 1 aliphatic rings. The topological polar surface area (TPSA) is 67.9 Å². The van der Waals surface area contributed by atoms with E-state index in [0.717, 1.165) is 11.3 Å². The van der Waals surface area contributed by atoms with Crippen LogP contribution in [-0.2, 0) is 20.7 Å². The molecular weight excluding hydrogens is 308 g/mol. The molecule has 0 aliphatic carbocycles. The summed E-state index contributed by atoms with van der Waals surface area (Å²) in [5.74, 6) is 1.02. The Kier molecular flexibility index (Phi) is 6.61. The van der Waals surface area contributed by atoms with Crippen LogP contribution in [-0.4, -0.2) is 50.1 Å². The molecule has 0 spiro atoms. The van der Waals surface area contributed by atoms with Gasteiger partial charge in [0.15, 0.2) is 6.61 Å². The minimum absolute atomic E-state index is 0.00157. The van der Waals surface area contributed by atoms with Crippen LogP contribution in [0.15, 0.2) is 18.2 Å². The van der Waals surface area contributed by atoms with E-state index < -0.39 is 0 Å². The Labute approximate surface area is 143 Å².